The lowest BCUT2D eigenvalue weighted by molar-refractivity contribution is -0.138. The van der Waals surface area contributed by atoms with Crippen LogP contribution in [0.5, 0.6) is 0 Å². The minimum absolute atomic E-state index is 0.177. The summed E-state index contributed by atoms with van der Waals surface area (Å²) in [4.78, 5) is 15.4. The Labute approximate surface area is 121 Å². The van der Waals surface area contributed by atoms with Gasteiger partial charge < -0.3 is 10.0 Å². The molecule has 0 aliphatic carbocycles. The molecule has 4 heteroatoms. The molecule has 1 aliphatic heterocycles. The molecule has 0 radical (unpaired) electrons. The maximum atomic E-state index is 10.9. The Balaban J connectivity index is 2.09. The summed E-state index contributed by atoms with van der Waals surface area (Å²) in [6.07, 6.45) is 2.34. The number of hydrogen-bond donors (Lipinski definition) is 1. The summed E-state index contributed by atoms with van der Waals surface area (Å²) in [5.74, 6) is -0.697. The standard InChI is InChI=1S/C16H24N2O2/c1-12(13-6-8-14(9-7-13)17(2)3)18-10-4-5-15(18)11-16(19)20/h6-9,12,15H,4-5,10-11H2,1-3H3,(H,19,20). The van der Waals surface area contributed by atoms with Gasteiger partial charge in [0.05, 0.1) is 6.42 Å². The van der Waals surface area contributed by atoms with E-state index >= 15 is 0 Å². The average molecular weight is 276 g/mol. The zero-order valence-corrected chi connectivity index (χ0v) is 12.5. The lowest BCUT2D eigenvalue weighted by atomic mass is 10.0. The summed E-state index contributed by atoms with van der Waals surface area (Å²) >= 11 is 0. The molecule has 1 N–H and O–H groups in total. The van der Waals surface area contributed by atoms with Gasteiger partial charge in [-0.1, -0.05) is 12.1 Å². The molecule has 1 aromatic rings. The third kappa shape index (κ3) is 3.31. The summed E-state index contributed by atoms with van der Waals surface area (Å²) in [5.41, 5.74) is 2.44. The molecular formula is C16H24N2O2. The van der Waals surface area contributed by atoms with E-state index in [1.165, 1.54) is 11.3 Å². The maximum Gasteiger partial charge on any atom is 0.304 e. The molecule has 0 bridgehead atoms. The van der Waals surface area contributed by atoms with E-state index in [1.54, 1.807) is 0 Å². The van der Waals surface area contributed by atoms with Crippen LogP contribution in [0.3, 0.4) is 0 Å². The van der Waals surface area contributed by atoms with Crippen LogP contribution in [0, 0.1) is 0 Å². The normalized spacial score (nSPS) is 20.9. The first-order valence-corrected chi connectivity index (χ1v) is 7.24. The predicted molar refractivity (Wildman–Crippen MR) is 81.2 cm³/mol. The van der Waals surface area contributed by atoms with Crippen LogP contribution in [-0.4, -0.2) is 42.7 Å². The van der Waals surface area contributed by atoms with Crippen LogP contribution in [-0.2, 0) is 4.79 Å². The highest BCUT2D eigenvalue weighted by Crippen LogP contribution is 2.31. The lowest BCUT2D eigenvalue weighted by Crippen LogP contribution is -2.33. The lowest BCUT2D eigenvalue weighted by Gasteiger charge is -2.30. The van der Waals surface area contributed by atoms with E-state index in [0.29, 0.717) is 0 Å². The topological polar surface area (TPSA) is 43.8 Å². The van der Waals surface area contributed by atoms with Crippen molar-refractivity contribution in [2.24, 2.45) is 0 Å². The first kappa shape index (κ1) is 14.9. The summed E-state index contributed by atoms with van der Waals surface area (Å²) in [6, 6.07) is 8.99. The van der Waals surface area contributed by atoms with Crippen molar-refractivity contribution in [3.8, 4) is 0 Å². The molecule has 1 saturated heterocycles. The van der Waals surface area contributed by atoms with Gasteiger partial charge in [-0.25, -0.2) is 0 Å². The maximum absolute atomic E-state index is 10.9. The van der Waals surface area contributed by atoms with Crippen molar-refractivity contribution in [3.05, 3.63) is 29.8 Å². The van der Waals surface area contributed by atoms with Crippen molar-refractivity contribution in [2.45, 2.75) is 38.3 Å². The zero-order chi connectivity index (χ0) is 14.7. The molecule has 0 amide bonds. The minimum Gasteiger partial charge on any atom is -0.481 e. The molecule has 20 heavy (non-hydrogen) atoms. The fourth-order valence-corrected chi connectivity index (χ4v) is 3.03. The van der Waals surface area contributed by atoms with Crippen molar-refractivity contribution in [2.75, 3.05) is 25.5 Å². The Morgan fingerprint density at radius 1 is 1.40 bits per heavy atom. The van der Waals surface area contributed by atoms with Crippen LogP contribution in [0.2, 0.25) is 0 Å². The quantitative estimate of drug-likeness (QED) is 0.898. The second kappa shape index (κ2) is 6.27. The monoisotopic (exact) mass is 276 g/mol. The fourth-order valence-electron chi connectivity index (χ4n) is 3.03. The number of carbonyl (C=O) groups is 1. The van der Waals surface area contributed by atoms with Crippen LogP contribution < -0.4 is 4.90 Å². The van der Waals surface area contributed by atoms with Gasteiger partial charge in [0.15, 0.2) is 0 Å². The van der Waals surface area contributed by atoms with Crippen molar-refractivity contribution >= 4 is 11.7 Å². The van der Waals surface area contributed by atoms with Crippen molar-refractivity contribution in [1.29, 1.82) is 0 Å². The summed E-state index contributed by atoms with van der Waals surface area (Å²) in [5, 5.41) is 9.01. The van der Waals surface area contributed by atoms with E-state index in [-0.39, 0.29) is 18.5 Å². The fraction of sp³-hybridized carbons (Fsp3) is 0.562. The highest BCUT2D eigenvalue weighted by atomic mass is 16.4. The van der Waals surface area contributed by atoms with E-state index in [4.69, 9.17) is 5.11 Å². The summed E-state index contributed by atoms with van der Waals surface area (Å²) < 4.78 is 0. The van der Waals surface area contributed by atoms with Crippen LogP contribution in [0.15, 0.2) is 24.3 Å². The van der Waals surface area contributed by atoms with E-state index in [2.05, 4.69) is 41.0 Å². The van der Waals surface area contributed by atoms with Gasteiger partial charge in [-0.15, -0.1) is 0 Å². The number of carboxylic acid groups (broad SMARTS) is 1. The molecule has 2 atom stereocenters. The van der Waals surface area contributed by atoms with Gasteiger partial charge in [-0.3, -0.25) is 9.69 Å². The van der Waals surface area contributed by atoms with Crippen LogP contribution >= 0.6 is 0 Å². The van der Waals surface area contributed by atoms with Gasteiger partial charge in [0.25, 0.3) is 0 Å². The molecule has 2 unspecified atom stereocenters. The van der Waals surface area contributed by atoms with E-state index in [9.17, 15) is 4.79 Å². The first-order valence-electron chi connectivity index (χ1n) is 7.24. The number of benzene rings is 1. The molecule has 1 aliphatic rings. The second-order valence-electron chi connectivity index (χ2n) is 5.79. The second-order valence-corrected chi connectivity index (χ2v) is 5.79. The Bertz CT molecular complexity index is 456. The van der Waals surface area contributed by atoms with Crippen LogP contribution in [0.25, 0.3) is 0 Å². The highest BCUT2D eigenvalue weighted by molar-refractivity contribution is 5.67. The Kier molecular flexibility index (Phi) is 4.65. The predicted octanol–water partition coefficient (Wildman–Crippen LogP) is 2.75. The van der Waals surface area contributed by atoms with E-state index in [1.807, 2.05) is 14.1 Å². The number of aliphatic carboxylic acids is 1. The first-order chi connectivity index (χ1) is 9.49. The third-order valence-electron chi connectivity index (χ3n) is 4.22. The van der Waals surface area contributed by atoms with Gasteiger partial charge in [-0.2, -0.15) is 0 Å². The average Bonchev–Trinajstić information content (AvgIpc) is 2.85. The number of nitrogens with zero attached hydrogens (tertiary/aromatic N) is 2. The molecule has 0 spiro atoms. The van der Waals surface area contributed by atoms with E-state index in [0.717, 1.165) is 19.4 Å². The zero-order valence-electron chi connectivity index (χ0n) is 12.5. The largest absolute Gasteiger partial charge is 0.481 e. The number of likely N-dealkylation sites (tertiary alicyclic amines) is 1. The van der Waals surface area contributed by atoms with Gasteiger partial charge in [0.1, 0.15) is 0 Å². The third-order valence-corrected chi connectivity index (χ3v) is 4.22. The SMILES string of the molecule is CC(c1ccc(N(C)C)cc1)N1CCCC1CC(=O)O. The molecule has 0 saturated carbocycles. The van der Waals surface area contributed by atoms with Gasteiger partial charge >= 0.3 is 5.97 Å². The number of carboxylic acids is 1. The highest BCUT2D eigenvalue weighted by Gasteiger charge is 2.30. The van der Waals surface area contributed by atoms with Crippen LogP contribution in [0.4, 0.5) is 5.69 Å². The Hall–Kier alpha value is -1.55. The van der Waals surface area contributed by atoms with Gasteiger partial charge in [0.2, 0.25) is 0 Å². The van der Waals surface area contributed by atoms with Gasteiger partial charge in [0, 0.05) is 31.9 Å². The molecule has 0 aromatic heterocycles. The minimum atomic E-state index is -0.697. The van der Waals surface area contributed by atoms with Crippen LogP contribution in [0.1, 0.15) is 37.8 Å². The molecule has 2 rings (SSSR count). The van der Waals surface area contributed by atoms with Crippen molar-refractivity contribution in [1.82, 2.24) is 4.90 Å². The molecule has 1 aromatic carbocycles. The number of anilines is 1. The molecule has 1 heterocycles. The molecule has 4 nitrogen and oxygen atoms in total. The smallest absolute Gasteiger partial charge is 0.304 e. The summed E-state index contributed by atoms with van der Waals surface area (Å²) in [6.45, 7) is 3.17. The molecular weight excluding hydrogens is 252 g/mol. The summed E-state index contributed by atoms with van der Waals surface area (Å²) in [7, 11) is 4.06. The number of rotatable bonds is 5. The molecule has 110 valence electrons. The Morgan fingerprint density at radius 2 is 2.05 bits per heavy atom. The molecule has 1 fully saturated rings. The van der Waals surface area contributed by atoms with E-state index < -0.39 is 5.97 Å². The number of hydrogen-bond acceptors (Lipinski definition) is 3. The van der Waals surface area contributed by atoms with Crippen molar-refractivity contribution in [3.63, 3.8) is 0 Å². The Morgan fingerprint density at radius 3 is 2.60 bits per heavy atom. The van der Waals surface area contributed by atoms with Gasteiger partial charge in [-0.05, 0) is 44.0 Å². The van der Waals surface area contributed by atoms with Crippen molar-refractivity contribution < 1.29 is 9.90 Å².